The molecule has 126 valence electrons. The number of carbonyl (C=O) groups is 1. The maximum atomic E-state index is 12.1. The van der Waals surface area contributed by atoms with Crippen LogP contribution in [0.1, 0.15) is 36.8 Å². The maximum absolute atomic E-state index is 12.1. The molecule has 2 fully saturated rings. The van der Waals surface area contributed by atoms with E-state index in [2.05, 4.69) is 36.1 Å². The molecule has 2 aliphatic heterocycles. The quantitative estimate of drug-likeness (QED) is 0.859. The second-order valence-corrected chi connectivity index (χ2v) is 7.33. The van der Waals surface area contributed by atoms with Gasteiger partial charge in [-0.25, -0.2) is 0 Å². The van der Waals surface area contributed by atoms with E-state index in [-0.39, 0.29) is 17.6 Å². The zero-order chi connectivity index (χ0) is 16.4. The molecular formula is C19H28N2O2. The fourth-order valence-corrected chi connectivity index (χ4v) is 3.83. The minimum atomic E-state index is -0.228. The zero-order valence-electron chi connectivity index (χ0n) is 14.5. The van der Waals surface area contributed by atoms with Crippen molar-refractivity contribution >= 4 is 5.91 Å². The molecule has 0 aromatic heterocycles. The van der Waals surface area contributed by atoms with Crippen molar-refractivity contribution < 1.29 is 9.53 Å². The van der Waals surface area contributed by atoms with Crippen molar-refractivity contribution in [1.29, 1.82) is 0 Å². The van der Waals surface area contributed by atoms with Gasteiger partial charge in [0.25, 0.3) is 5.91 Å². The highest BCUT2D eigenvalue weighted by molar-refractivity contribution is 5.80. The van der Waals surface area contributed by atoms with Crippen LogP contribution in [0.5, 0.6) is 0 Å². The maximum Gasteiger partial charge on any atom is 0.251 e. The summed E-state index contributed by atoms with van der Waals surface area (Å²) >= 11 is 0. The van der Waals surface area contributed by atoms with Crippen molar-refractivity contribution in [2.45, 2.75) is 50.9 Å². The molecule has 2 heterocycles. The monoisotopic (exact) mass is 316 g/mol. The highest BCUT2D eigenvalue weighted by Gasteiger charge is 2.44. The molecule has 0 aliphatic carbocycles. The van der Waals surface area contributed by atoms with Crippen LogP contribution >= 0.6 is 0 Å². The van der Waals surface area contributed by atoms with Gasteiger partial charge in [-0.1, -0.05) is 29.8 Å². The molecule has 0 N–H and O–H groups in total. The largest absolute Gasteiger partial charge is 0.362 e. The first-order chi connectivity index (χ1) is 11.0. The molecule has 0 bridgehead atoms. The Morgan fingerprint density at radius 2 is 2.04 bits per heavy atom. The van der Waals surface area contributed by atoms with Gasteiger partial charge in [-0.3, -0.25) is 9.69 Å². The van der Waals surface area contributed by atoms with Gasteiger partial charge < -0.3 is 9.64 Å². The van der Waals surface area contributed by atoms with Crippen LogP contribution in [0.3, 0.4) is 0 Å². The number of benzene rings is 1. The first-order valence-electron chi connectivity index (χ1n) is 8.64. The van der Waals surface area contributed by atoms with Gasteiger partial charge in [-0.15, -0.1) is 0 Å². The molecule has 23 heavy (non-hydrogen) atoms. The topological polar surface area (TPSA) is 32.8 Å². The van der Waals surface area contributed by atoms with Gasteiger partial charge in [0.1, 0.15) is 6.10 Å². The first kappa shape index (κ1) is 16.5. The Labute approximate surface area is 139 Å². The zero-order valence-corrected chi connectivity index (χ0v) is 14.5. The molecule has 0 saturated carbocycles. The fourth-order valence-electron chi connectivity index (χ4n) is 3.83. The summed E-state index contributed by atoms with van der Waals surface area (Å²) in [5.41, 5.74) is 2.65. The van der Waals surface area contributed by atoms with E-state index in [1.54, 1.807) is 19.0 Å². The number of piperidine rings is 1. The number of hydrogen-bond donors (Lipinski definition) is 0. The number of carbonyl (C=O) groups excluding carboxylic acids is 1. The van der Waals surface area contributed by atoms with E-state index in [1.807, 2.05) is 0 Å². The van der Waals surface area contributed by atoms with E-state index < -0.39 is 0 Å². The molecule has 0 radical (unpaired) electrons. The van der Waals surface area contributed by atoms with Crippen LogP contribution in [-0.2, 0) is 16.1 Å². The van der Waals surface area contributed by atoms with Gasteiger partial charge in [0.2, 0.25) is 0 Å². The third-order valence-corrected chi connectivity index (χ3v) is 5.23. The van der Waals surface area contributed by atoms with Crippen molar-refractivity contribution in [3.63, 3.8) is 0 Å². The molecule has 2 saturated heterocycles. The predicted octanol–water partition coefficient (Wildman–Crippen LogP) is 2.60. The van der Waals surface area contributed by atoms with Gasteiger partial charge >= 0.3 is 0 Å². The normalized spacial score (nSPS) is 24.0. The highest BCUT2D eigenvalue weighted by Crippen LogP contribution is 2.39. The van der Waals surface area contributed by atoms with E-state index in [0.29, 0.717) is 0 Å². The summed E-state index contributed by atoms with van der Waals surface area (Å²) in [4.78, 5) is 16.3. The summed E-state index contributed by atoms with van der Waals surface area (Å²) in [5.74, 6) is 0.115. The van der Waals surface area contributed by atoms with Crippen LogP contribution in [-0.4, -0.2) is 54.6 Å². The molecule has 1 unspecified atom stereocenters. The molecule has 2 aliphatic rings. The predicted molar refractivity (Wildman–Crippen MR) is 91.2 cm³/mol. The third-order valence-electron chi connectivity index (χ3n) is 5.23. The van der Waals surface area contributed by atoms with Crippen LogP contribution in [0.25, 0.3) is 0 Å². The lowest BCUT2D eigenvalue weighted by atomic mass is 9.88. The Kier molecular flexibility index (Phi) is 4.74. The van der Waals surface area contributed by atoms with Gasteiger partial charge in [0, 0.05) is 33.7 Å². The fraction of sp³-hybridized carbons (Fsp3) is 0.632. The Balaban J connectivity index is 1.53. The molecule has 1 aromatic carbocycles. The van der Waals surface area contributed by atoms with Crippen molar-refractivity contribution in [3.05, 3.63) is 35.4 Å². The van der Waals surface area contributed by atoms with E-state index in [1.165, 1.54) is 11.1 Å². The van der Waals surface area contributed by atoms with Crippen LogP contribution in [0.2, 0.25) is 0 Å². The molecule has 1 amide bonds. The lowest BCUT2D eigenvalue weighted by Crippen LogP contribution is -2.45. The van der Waals surface area contributed by atoms with Crippen molar-refractivity contribution in [2.75, 3.05) is 27.2 Å². The minimum Gasteiger partial charge on any atom is -0.362 e. The SMILES string of the molecule is Cc1cccc(CN2CCC3(CCC(C(=O)N(C)C)O3)CC2)c1. The highest BCUT2D eigenvalue weighted by atomic mass is 16.5. The van der Waals surface area contributed by atoms with Gasteiger partial charge in [-0.2, -0.15) is 0 Å². The number of nitrogens with zero attached hydrogens (tertiary/aromatic N) is 2. The lowest BCUT2D eigenvalue weighted by molar-refractivity contribution is -0.148. The number of likely N-dealkylation sites (tertiary alicyclic amines) is 1. The van der Waals surface area contributed by atoms with Gasteiger partial charge in [-0.05, 0) is 38.2 Å². The average Bonchev–Trinajstić information content (AvgIpc) is 2.93. The van der Waals surface area contributed by atoms with E-state index >= 15 is 0 Å². The number of hydrogen-bond acceptors (Lipinski definition) is 3. The molecule has 1 atom stereocenters. The first-order valence-corrected chi connectivity index (χ1v) is 8.64. The second-order valence-electron chi connectivity index (χ2n) is 7.33. The summed E-state index contributed by atoms with van der Waals surface area (Å²) in [5, 5.41) is 0. The molecule has 3 rings (SSSR count). The van der Waals surface area contributed by atoms with Crippen molar-refractivity contribution in [1.82, 2.24) is 9.80 Å². The Morgan fingerprint density at radius 3 is 2.70 bits per heavy atom. The van der Waals surface area contributed by atoms with Crippen LogP contribution in [0.4, 0.5) is 0 Å². The number of amides is 1. The van der Waals surface area contributed by atoms with Crippen LogP contribution in [0, 0.1) is 6.92 Å². The van der Waals surface area contributed by atoms with Crippen LogP contribution < -0.4 is 0 Å². The standard InChI is InChI=1S/C19H28N2O2/c1-15-5-4-6-16(13-15)14-21-11-9-19(10-12-21)8-7-17(23-19)18(22)20(2)3/h4-6,13,17H,7-12,14H2,1-3H3. The lowest BCUT2D eigenvalue weighted by Gasteiger charge is -2.39. The molecule has 4 nitrogen and oxygen atoms in total. The third kappa shape index (κ3) is 3.75. The number of rotatable bonds is 3. The molecule has 1 aromatic rings. The smallest absolute Gasteiger partial charge is 0.251 e. The van der Waals surface area contributed by atoms with Gasteiger partial charge in [0.15, 0.2) is 0 Å². The number of ether oxygens (including phenoxy) is 1. The molecular weight excluding hydrogens is 288 g/mol. The van der Waals surface area contributed by atoms with Crippen molar-refractivity contribution in [3.8, 4) is 0 Å². The number of aryl methyl sites for hydroxylation is 1. The molecule has 4 heteroatoms. The summed E-state index contributed by atoms with van der Waals surface area (Å²) in [6, 6.07) is 8.74. The van der Waals surface area contributed by atoms with E-state index in [9.17, 15) is 4.79 Å². The summed E-state index contributed by atoms with van der Waals surface area (Å²) in [7, 11) is 3.61. The van der Waals surface area contributed by atoms with Crippen LogP contribution in [0.15, 0.2) is 24.3 Å². The van der Waals surface area contributed by atoms with Crippen molar-refractivity contribution in [2.24, 2.45) is 0 Å². The Hall–Kier alpha value is -1.39. The Bertz CT molecular complexity index is 562. The Morgan fingerprint density at radius 1 is 1.30 bits per heavy atom. The average molecular weight is 316 g/mol. The van der Waals surface area contributed by atoms with E-state index in [0.717, 1.165) is 45.3 Å². The summed E-state index contributed by atoms with van der Waals surface area (Å²) in [6.45, 7) is 5.26. The van der Waals surface area contributed by atoms with E-state index in [4.69, 9.17) is 4.74 Å². The summed E-state index contributed by atoms with van der Waals surface area (Å²) < 4.78 is 6.21. The molecule has 1 spiro atoms. The number of likely N-dealkylation sites (N-methyl/N-ethyl adjacent to an activating group) is 1. The minimum absolute atomic E-state index is 0.0561. The second kappa shape index (κ2) is 6.62. The van der Waals surface area contributed by atoms with Gasteiger partial charge in [0.05, 0.1) is 5.60 Å². The summed E-state index contributed by atoms with van der Waals surface area (Å²) in [6.07, 6.45) is 3.74.